The third kappa shape index (κ3) is 6.30. The van der Waals surface area contributed by atoms with Crippen LogP contribution in [0.5, 0.6) is 0 Å². The molecule has 204 valence electrons. The van der Waals surface area contributed by atoms with Gasteiger partial charge in [0.1, 0.15) is 0 Å². The van der Waals surface area contributed by atoms with Crippen LogP contribution in [0.15, 0.2) is 83.9 Å². The smallest absolute Gasteiger partial charge is 0.175 e. The maximum atomic E-state index is 12.7. The van der Waals surface area contributed by atoms with Gasteiger partial charge in [-0.25, -0.2) is 16.8 Å². The van der Waals surface area contributed by atoms with Gasteiger partial charge in [-0.05, 0) is 98.2 Å². The third-order valence-electron chi connectivity index (χ3n) is 7.01. The van der Waals surface area contributed by atoms with Crippen molar-refractivity contribution in [2.75, 3.05) is 33.2 Å². The lowest BCUT2D eigenvalue weighted by atomic mass is 9.92. The first kappa shape index (κ1) is 28.7. The number of likely N-dealkylation sites (N-methyl/N-ethyl adjacent to an activating group) is 1. The molecule has 0 amide bonds. The predicted octanol–water partition coefficient (Wildman–Crippen LogP) is 5.69. The molecule has 6 nitrogen and oxygen atoms in total. The molecule has 0 aliphatic carbocycles. The minimum Gasteiger partial charge on any atom is -0.305 e. The van der Waals surface area contributed by atoms with Crippen molar-refractivity contribution in [1.82, 2.24) is 9.88 Å². The molecular formula is C31H34N2O4S2. The Kier molecular flexibility index (Phi) is 7.85. The summed E-state index contributed by atoms with van der Waals surface area (Å²) in [4.78, 5) is 6.98. The lowest BCUT2D eigenvalue weighted by Crippen LogP contribution is -2.28. The van der Waals surface area contributed by atoms with Crippen molar-refractivity contribution in [2.45, 2.75) is 23.5 Å². The van der Waals surface area contributed by atoms with Gasteiger partial charge < -0.3 is 4.90 Å². The fourth-order valence-electron chi connectivity index (χ4n) is 4.45. The van der Waals surface area contributed by atoms with Crippen LogP contribution in [-0.2, 0) is 24.4 Å². The fraction of sp³-hybridized carbons (Fsp3) is 0.258. The number of rotatable bonds is 8. The first-order valence-corrected chi connectivity index (χ1v) is 16.3. The van der Waals surface area contributed by atoms with Crippen LogP contribution in [0.3, 0.4) is 0 Å². The number of nitrogens with zero attached hydrogens (tertiary/aromatic N) is 2. The van der Waals surface area contributed by atoms with E-state index in [1.165, 1.54) is 12.5 Å². The lowest BCUT2D eigenvalue weighted by molar-refractivity contribution is 0.463. The van der Waals surface area contributed by atoms with E-state index in [1.54, 1.807) is 32.2 Å². The molecule has 0 bridgehead atoms. The van der Waals surface area contributed by atoms with Crippen LogP contribution in [0.1, 0.15) is 30.5 Å². The molecule has 8 heteroatoms. The highest BCUT2D eigenvalue weighted by Crippen LogP contribution is 2.37. The van der Waals surface area contributed by atoms with E-state index < -0.39 is 24.4 Å². The van der Waals surface area contributed by atoms with Gasteiger partial charge in [-0.15, -0.1) is 0 Å². The Bertz CT molecular complexity index is 1770. The monoisotopic (exact) mass is 562 g/mol. The maximum absolute atomic E-state index is 12.7. The summed E-state index contributed by atoms with van der Waals surface area (Å²) in [7, 11) is -2.68. The number of fused-ring (bicyclic) bond motifs is 1. The van der Waals surface area contributed by atoms with E-state index in [2.05, 4.69) is 22.0 Å². The second-order valence-corrected chi connectivity index (χ2v) is 15.3. The Morgan fingerprint density at radius 3 is 2.21 bits per heavy atom. The molecule has 39 heavy (non-hydrogen) atoms. The second kappa shape index (κ2) is 10.7. The zero-order valence-electron chi connectivity index (χ0n) is 23.1. The molecule has 0 atom stereocenters. The van der Waals surface area contributed by atoms with Crippen LogP contribution in [0.2, 0.25) is 0 Å². The molecule has 3 aromatic carbocycles. The highest BCUT2D eigenvalue weighted by atomic mass is 32.2. The molecule has 4 rings (SSSR count). The van der Waals surface area contributed by atoms with E-state index in [0.29, 0.717) is 12.1 Å². The second-order valence-electron chi connectivity index (χ2n) is 10.7. The van der Waals surface area contributed by atoms with E-state index in [0.717, 1.165) is 38.7 Å². The summed E-state index contributed by atoms with van der Waals surface area (Å²) in [6.45, 7) is 4.11. The number of pyridine rings is 1. The number of benzene rings is 3. The average molecular weight is 563 g/mol. The van der Waals surface area contributed by atoms with Crippen LogP contribution in [0.25, 0.3) is 33.7 Å². The van der Waals surface area contributed by atoms with Gasteiger partial charge in [0.2, 0.25) is 0 Å². The minimum atomic E-state index is -3.37. The van der Waals surface area contributed by atoms with E-state index >= 15 is 0 Å². The quantitative estimate of drug-likeness (QED) is 0.257. The molecule has 1 aromatic heterocycles. The van der Waals surface area contributed by atoms with Crippen LogP contribution >= 0.6 is 0 Å². The van der Waals surface area contributed by atoms with Gasteiger partial charge in [-0.1, -0.05) is 36.4 Å². The van der Waals surface area contributed by atoms with Gasteiger partial charge in [-0.2, -0.15) is 0 Å². The van der Waals surface area contributed by atoms with E-state index in [1.807, 2.05) is 68.7 Å². The van der Waals surface area contributed by atoms with Crippen molar-refractivity contribution in [2.24, 2.45) is 0 Å². The van der Waals surface area contributed by atoms with Gasteiger partial charge in [0.05, 0.1) is 15.2 Å². The standard InChI is InChI=1S/C31H34N2O4S2/c1-31(2,39(6,36)37)27-19-25-11-8-16-32-30(25)29(20-27)24-10-7-9-22(17-24)18-26(21-33(3)4)23-12-14-28(15-13-23)38(5,34)35/h7-20H,21H2,1-6H3/b26-18-. The van der Waals surface area contributed by atoms with E-state index in [4.69, 9.17) is 0 Å². The molecule has 0 N–H and O–H groups in total. The topological polar surface area (TPSA) is 84.4 Å². The number of hydrogen-bond donors (Lipinski definition) is 0. The van der Waals surface area contributed by atoms with Crippen molar-refractivity contribution >= 4 is 42.2 Å². The van der Waals surface area contributed by atoms with E-state index in [-0.39, 0.29) is 4.90 Å². The molecule has 0 fully saturated rings. The first-order chi connectivity index (χ1) is 18.2. The fourth-order valence-corrected chi connectivity index (χ4v) is 5.62. The Morgan fingerprint density at radius 1 is 0.897 bits per heavy atom. The van der Waals surface area contributed by atoms with Gasteiger partial charge in [0.25, 0.3) is 0 Å². The van der Waals surface area contributed by atoms with Crippen LogP contribution in [0, 0.1) is 0 Å². The molecule has 0 unspecified atom stereocenters. The summed E-state index contributed by atoms with van der Waals surface area (Å²) in [6, 6.07) is 22.7. The van der Waals surface area contributed by atoms with Crippen molar-refractivity contribution in [3.05, 3.63) is 95.7 Å². The van der Waals surface area contributed by atoms with Crippen LogP contribution in [-0.4, -0.2) is 59.9 Å². The predicted molar refractivity (Wildman–Crippen MR) is 161 cm³/mol. The Balaban J connectivity index is 1.86. The molecule has 0 radical (unpaired) electrons. The largest absolute Gasteiger partial charge is 0.305 e. The molecule has 4 aromatic rings. The molecule has 1 heterocycles. The van der Waals surface area contributed by atoms with Crippen molar-refractivity contribution < 1.29 is 16.8 Å². The SMILES string of the molecule is CN(C)C/C(=C/c1cccc(-c2cc(C(C)(C)S(C)(=O)=O)cc3cccnc23)c1)c1ccc(S(C)(=O)=O)cc1. The van der Waals surface area contributed by atoms with Crippen LogP contribution in [0.4, 0.5) is 0 Å². The molecule has 0 aliphatic rings. The summed E-state index contributed by atoms with van der Waals surface area (Å²) in [5, 5.41) is 0.877. The van der Waals surface area contributed by atoms with Gasteiger partial charge in [-0.3, -0.25) is 4.98 Å². The van der Waals surface area contributed by atoms with Crippen molar-refractivity contribution in [3.8, 4) is 11.1 Å². The molecule has 0 aliphatic heterocycles. The zero-order valence-corrected chi connectivity index (χ0v) is 24.8. The Morgan fingerprint density at radius 2 is 1.59 bits per heavy atom. The van der Waals surface area contributed by atoms with Crippen molar-refractivity contribution in [3.63, 3.8) is 0 Å². The highest BCUT2D eigenvalue weighted by Gasteiger charge is 2.33. The number of sulfone groups is 2. The van der Waals surface area contributed by atoms with Gasteiger partial charge >= 0.3 is 0 Å². The summed E-state index contributed by atoms with van der Waals surface area (Å²) < 4.78 is 48.1. The summed E-state index contributed by atoms with van der Waals surface area (Å²) >= 11 is 0. The third-order valence-corrected chi connectivity index (χ3v) is 10.2. The van der Waals surface area contributed by atoms with E-state index in [9.17, 15) is 16.8 Å². The highest BCUT2D eigenvalue weighted by molar-refractivity contribution is 7.91. The normalized spacial score (nSPS) is 13.3. The van der Waals surface area contributed by atoms with Gasteiger partial charge in [0, 0.05) is 36.2 Å². The average Bonchev–Trinajstić information content (AvgIpc) is 2.86. The lowest BCUT2D eigenvalue weighted by Gasteiger charge is -2.24. The van der Waals surface area contributed by atoms with Crippen LogP contribution < -0.4 is 0 Å². The van der Waals surface area contributed by atoms with Gasteiger partial charge in [0.15, 0.2) is 19.7 Å². The number of aromatic nitrogens is 1. The first-order valence-electron chi connectivity index (χ1n) is 12.5. The Labute approximate surface area is 231 Å². The summed E-state index contributed by atoms with van der Waals surface area (Å²) in [5.41, 5.74) is 6.24. The summed E-state index contributed by atoms with van der Waals surface area (Å²) in [6.07, 6.45) is 6.31. The van der Waals surface area contributed by atoms with Crippen molar-refractivity contribution in [1.29, 1.82) is 0 Å². The zero-order chi connectivity index (χ0) is 28.6. The molecule has 0 saturated heterocycles. The summed E-state index contributed by atoms with van der Waals surface area (Å²) in [5.74, 6) is 0. The maximum Gasteiger partial charge on any atom is 0.175 e. The molecular weight excluding hydrogens is 528 g/mol. The minimum absolute atomic E-state index is 0.286. The Hall–Kier alpha value is -3.33. The molecule has 0 spiro atoms. The molecule has 0 saturated carbocycles. The number of hydrogen-bond acceptors (Lipinski definition) is 6.